The van der Waals surface area contributed by atoms with Crippen molar-refractivity contribution >= 4 is 16.9 Å². The molecule has 1 atom stereocenters. The molecule has 0 fully saturated rings. The predicted molar refractivity (Wildman–Crippen MR) is 108 cm³/mol. The zero-order valence-corrected chi connectivity index (χ0v) is 17.1. The maximum atomic E-state index is 12.9. The van der Waals surface area contributed by atoms with E-state index >= 15 is 0 Å². The van der Waals surface area contributed by atoms with Crippen LogP contribution in [0.1, 0.15) is 49.5 Å². The van der Waals surface area contributed by atoms with E-state index in [1.54, 1.807) is 4.90 Å². The second kappa shape index (κ2) is 7.59. The third-order valence-electron chi connectivity index (χ3n) is 5.23. The Morgan fingerprint density at radius 1 is 1.22 bits per heavy atom. The Balaban J connectivity index is 1.76. The first-order valence-corrected chi connectivity index (χ1v) is 9.55. The molecule has 3 aromatic rings. The highest BCUT2D eigenvalue weighted by Gasteiger charge is 2.23. The highest BCUT2D eigenvalue weighted by molar-refractivity contribution is 5.80. The number of furan rings is 1. The number of nitrogens with zero attached hydrogens (tertiary/aromatic N) is 3. The van der Waals surface area contributed by atoms with Crippen LogP contribution in [0.2, 0.25) is 0 Å². The monoisotopic (exact) mass is 367 g/mol. The minimum Gasteiger partial charge on any atom is -0.459 e. The molecule has 0 aliphatic carbocycles. The molecule has 0 saturated carbocycles. The van der Waals surface area contributed by atoms with Crippen LogP contribution in [0.15, 0.2) is 34.7 Å². The SMILES string of the molecule is Cc1nn(CC(C)C)c(C)c1CC(=O)N(C)C(C)c1cc2ccccc2o1. The zero-order chi connectivity index (χ0) is 19.7. The Hall–Kier alpha value is -2.56. The molecule has 2 aromatic heterocycles. The van der Waals surface area contributed by atoms with E-state index in [0.717, 1.165) is 40.2 Å². The summed E-state index contributed by atoms with van der Waals surface area (Å²) in [6, 6.07) is 9.80. The van der Waals surface area contributed by atoms with Crippen molar-refractivity contribution in [3.8, 4) is 0 Å². The van der Waals surface area contributed by atoms with Crippen molar-refractivity contribution in [2.75, 3.05) is 7.05 Å². The van der Waals surface area contributed by atoms with Crippen LogP contribution in [-0.4, -0.2) is 27.6 Å². The third kappa shape index (κ3) is 3.92. The first kappa shape index (κ1) is 19.2. The van der Waals surface area contributed by atoms with E-state index in [-0.39, 0.29) is 11.9 Å². The maximum absolute atomic E-state index is 12.9. The van der Waals surface area contributed by atoms with Gasteiger partial charge in [-0.2, -0.15) is 5.10 Å². The fraction of sp³-hybridized carbons (Fsp3) is 0.455. The van der Waals surface area contributed by atoms with Gasteiger partial charge in [0, 0.05) is 30.2 Å². The zero-order valence-electron chi connectivity index (χ0n) is 17.1. The molecule has 1 unspecified atom stereocenters. The summed E-state index contributed by atoms with van der Waals surface area (Å²) in [6.07, 6.45) is 0.358. The van der Waals surface area contributed by atoms with Gasteiger partial charge in [0.15, 0.2) is 0 Å². The molecule has 0 aliphatic heterocycles. The number of aryl methyl sites for hydroxylation is 1. The van der Waals surface area contributed by atoms with Crippen molar-refractivity contribution in [1.82, 2.24) is 14.7 Å². The summed E-state index contributed by atoms with van der Waals surface area (Å²) in [5, 5.41) is 5.68. The van der Waals surface area contributed by atoms with Crippen molar-refractivity contribution in [2.45, 2.75) is 53.6 Å². The van der Waals surface area contributed by atoms with Crippen LogP contribution >= 0.6 is 0 Å². The highest BCUT2D eigenvalue weighted by atomic mass is 16.3. The van der Waals surface area contributed by atoms with Gasteiger partial charge in [-0.05, 0) is 38.8 Å². The summed E-state index contributed by atoms with van der Waals surface area (Å²) in [5.41, 5.74) is 3.90. The van der Waals surface area contributed by atoms with Gasteiger partial charge in [0.1, 0.15) is 11.3 Å². The largest absolute Gasteiger partial charge is 0.459 e. The number of fused-ring (bicyclic) bond motifs is 1. The summed E-state index contributed by atoms with van der Waals surface area (Å²) < 4.78 is 7.96. The molecule has 1 aromatic carbocycles. The quantitative estimate of drug-likeness (QED) is 0.636. The molecule has 27 heavy (non-hydrogen) atoms. The highest BCUT2D eigenvalue weighted by Crippen LogP contribution is 2.27. The Kier molecular flexibility index (Phi) is 5.40. The molecule has 144 valence electrons. The first-order valence-electron chi connectivity index (χ1n) is 9.55. The normalized spacial score (nSPS) is 12.7. The van der Waals surface area contributed by atoms with Gasteiger partial charge in [0.2, 0.25) is 5.91 Å². The predicted octanol–water partition coefficient (Wildman–Crippen LogP) is 4.66. The molecule has 5 nitrogen and oxygen atoms in total. The maximum Gasteiger partial charge on any atom is 0.227 e. The van der Waals surface area contributed by atoms with Gasteiger partial charge in [-0.25, -0.2) is 0 Å². The molecule has 0 N–H and O–H groups in total. The minimum absolute atomic E-state index is 0.0678. The summed E-state index contributed by atoms with van der Waals surface area (Å²) >= 11 is 0. The molecule has 0 radical (unpaired) electrons. The second-order valence-electron chi connectivity index (χ2n) is 7.77. The van der Waals surface area contributed by atoms with Crippen molar-refractivity contribution < 1.29 is 9.21 Å². The molecular formula is C22H29N3O2. The van der Waals surface area contributed by atoms with E-state index < -0.39 is 0 Å². The third-order valence-corrected chi connectivity index (χ3v) is 5.23. The van der Waals surface area contributed by atoms with E-state index in [1.165, 1.54) is 0 Å². The lowest BCUT2D eigenvalue weighted by Gasteiger charge is -2.23. The molecule has 0 aliphatic rings. The van der Waals surface area contributed by atoms with Crippen LogP contribution < -0.4 is 0 Å². The van der Waals surface area contributed by atoms with Crippen LogP contribution in [0.3, 0.4) is 0 Å². The molecule has 0 saturated heterocycles. The van der Waals surface area contributed by atoms with Gasteiger partial charge in [0.25, 0.3) is 0 Å². The smallest absolute Gasteiger partial charge is 0.227 e. The first-order chi connectivity index (χ1) is 12.8. The van der Waals surface area contributed by atoms with Gasteiger partial charge in [-0.3, -0.25) is 9.48 Å². The number of amides is 1. The van der Waals surface area contributed by atoms with E-state index in [0.29, 0.717) is 12.3 Å². The van der Waals surface area contributed by atoms with Crippen LogP contribution in [0, 0.1) is 19.8 Å². The van der Waals surface area contributed by atoms with E-state index in [2.05, 4.69) is 18.9 Å². The number of para-hydroxylation sites is 1. The molecule has 1 amide bonds. The lowest BCUT2D eigenvalue weighted by atomic mass is 10.1. The molecular weight excluding hydrogens is 338 g/mol. The van der Waals surface area contributed by atoms with Gasteiger partial charge < -0.3 is 9.32 Å². The van der Waals surface area contributed by atoms with Gasteiger partial charge in [-0.15, -0.1) is 0 Å². The standard InChI is InChI=1S/C22H29N3O2/c1-14(2)13-25-16(4)19(15(3)23-25)12-22(26)24(6)17(5)21-11-18-9-7-8-10-20(18)27-21/h7-11,14,17H,12-13H2,1-6H3. The van der Waals surface area contributed by atoms with Crippen LogP contribution in [-0.2, 0) is 17.8 Å². The Labute approximate surface area is 161 Å². The molecule has 3 rings (SSSR count). The van der Waals surface area contributed by atoms with Crippen LogP contribution in [0.5, 0.6) is 0 Å². The number of hydrogen-bond acceptors (Lipinski definition) is 3. The Morgan fingerprint density at radius 3 is 2.59 bits per heavy atom. The summed E-state index contributed by atoms with van der Waals surface area (Å²) in [5.74, 6) is 1.39. The number of carbonyl (C=O) groups is 1. The average molecular weight is 367 g/mol. The Morgan fingerprint density at radius 2 is 1.93 bits per heavy atom. The van der Waals surface area contributed by atoms with Gasteiger partial charge in [0.05, 0.1) is 18.2 Å². The topological polar surface area (TPSA) is 51.3 Å². The molecule has 2 heterocycles. The lowest BCUT2D eigenvalue weighted by molar-refractivity contribution is -0.131. The van der Waals surface area contributed by atoms with Crippen molar-refractivity contribution in [1.29, 1.82) is 0 Å². The van der Waals surface area contributed by atoms with Crippen LogP contribution in [0.25, 0.3) is 11.0 Å². The molecule has 0 spiro atoms. The number of hydrogen-bond donors (Lipinski definition) is 0. The number of rotatable bonds is 6. The Bertz CT molecular complexity index is 919. The summed E-state index contributed by atoms with van der Waals surface area (Å²) in [4.78, 5) is 14.7. The summed E-state index contributed by atoms with van der Waals surface area (Å²) in [7, 11) is 1.84. The fourth-order valence-corrected chi connectivity index (χ4v) is 3.40. The number of carbonyl (C=O) groups excluding carboxylic acids is 1. The number of aromatic nitrogens is 2. The molecule has 0 bridgehead atoms. The number of likely N-dealkylation sites (N-methyl/N-ethyl adjacent to an activating group) is 1. The van der Waals surface area contributed by atoms with Gasteiger partial charge in [-0.1, -0.05) is 32.0 Å². The molecule has 5 heteroatoms. The van der Waals surface area contributed by atoms with Gasteiger partial charge >= 0.3 is 0 Å². The van der Waals surface area contributed by atoms with Crippen LogP contribution in [0.4, 0.5) is 0 Å². The van der Waals surface area contributed by atoms with Crippen molar-refractivity contribution in [3.05, 3.63) is 53.0 Å². The van der Waals surface area contributed by atoms with E-state index in [4.69, 9.17) is 4.42 Å². The average Bonchev–Trinajstić information content (AvgIpc) is 3.16. The van der Waals surface area contributed by atoms with Crippen molar-refractivity contribution in [3.63, 3.8) is 0 Å². The lowest BCUT2D eigenvalue weighted by Crippen LogP contribution is -2.31. The minimum atomic E-state index is -0.128. The number of benzene rings is 1. The second-order valence-corrected chi connectivity index (χ2v) is 7.77. The summed E-state index contributed by atoms with van der Waals surface area (Å²) in [6.45, 7) is 11.2. The van der Waals surface area contributed by atoms with E-state index in [1.807, 2.05) is 62.8 Å². The fourth-order valence-electron chi connectivity index (χ4n) is 3.40. The van der Waals surface area contributed by atoms with Crippen molar-refractivity contribution in [2.24, 2.45) is 5.92 Å². The van der Waals surface area contributed by atoms with E-state index in [9.17, 15) is 4.79 Å².